The highest BCUT2D eigenvalue weighted by molar-refractivity contribution is 7.15. The first-order valence-corrected chi connectivity index (χ1v) is 9.63. The molecule has 8 heteroatoms. The van der Waals surface area contributed by atoms with Gasteiger partial charge in [-0.15, -0.1) is 10.2 Å². The average Bonchev–Trinajstić information content (AvgIpc) is 3.21. The number of hydrogen-bond donors (Lipinski definition) is 1. The summed E-state index contributed by atoms with van der Waals surface area (Å²) in [6, 6.07) is 3.60. The smallest absolute Gasteiger partial charge is 0.232 e. The van der Waals surface area contributed by atoms with Crippen LogP contribution in [0.15, 0.2) is 24.5 Å². The van der Waals surface area contributed by atoms with Crippen molar-refractivity contribution in [3.05, 3.63) is 40.3 Å². The van der Waals surface area contributed by atoms with Gasteiger partial charge in [-0.1, -0.05) is 42.2 Å². The van der Waals surface area contributed by atoms with E-state index in [1.54, 1.807) is 12.3 Å². The normalized spacial score (nSPS) is 15.6. The predicted octanol–water partition coefficient (Wildman–Crippen LogP) is 4.07. The van der Waals surface area contributed by atoms with Crippen molar-refractivity contribution in [2.45, 2.75) is 44.4 Å². The maximum Gasteiger partial charge on any atom is 0.232 e. The predicted molar refractivity (Wildman–Crippen MR) is 98.3 cm³/mol. The molecule has 130 valence electrons. The summed E-state index contributed by atoms with van der Waals surface area (Å²) >= 11 is 7.45. The van der Waals surface area contributed by atoms with E-state index >= 15 is 0 Å². The van der Waals surface area contributed by atoms with E-state index in [4.69, 9.17) is 11.6 Å². The van der Waals surface area contributed by atoms with Crippen molar-refractivity contribution in [2.24, 2.45) is 0 Å². The molecule has 25 heavy (non-hydrogen) atoms. The standard InChI is InChI=1S/C17H18ClN5OS/c18-12-6-7-14-19-13(10-23(14)9-12)8-15(24)20-17-22-21-16(25-17)11-4-2-1-3-5-11/h6-7,9-11H,1-5,8H2,(H,20,22,24). The fraction of sp³-hybridized carbons (Fsp3) is 0.412. The number of pyridine rings is 1. The summed E-state index contributed by atoms with van der Waals surface area (Å²) in [5, 5.41) is 13.5. The van der Waals surface area contributed by atoms with Crippen molar-refractivity contribution in [1.29, 1.82) is 0 Å². The molecule has 1 N–H and O–H groups in total. The molecule has 0 unspecified atom stereocenters. The molecule has 1 fully saturated rings. The van der Waals surface area contributed by atoms with Crippen LogP contribution in [0.4, 0.5) is 5.13 Å². The maximum atomic E-state index is 12.3. The van der Waals surface area contributed by atoms with Gasteiger partial charge in [0.05, 0.1) is 17.1 Å². The van der Waals surface area contributed by atoms with E-state index in [1.165, 1.54) is 43.4 Å². The Kier molecular flexibility index (Phi) is 4.67. The van der Waals surface area contributed by atoms with Gasteiger partial charge in [0.2, 0.25) is 11.0 Å². The number of fused-ring (bicyclic) bond motifs is 1. The van der Waals surface area contributed by atoms with E-state index in [-0.39, 0.29) is 12.3 Å². The van der Waals surface area contributed by atoms with E-state index in [2.05, 4.69) is 20.5 Å². The average molecular weight is 376 g/mol. The van der Waals surface area contributed by atoms with Crippen LogP contribution in [0, 0.1) is 0 Å². The molecule has 0 atom stereocenters. The van der Waals surface area contributed by atoms with Crippen molar-refractivity contribution >= 4 is 39.6 Å². The second-order valence-corrected chi connectivity index (χ2v) is 7.80. The maximum absolute atomic E-state index is 12.3. The largest absolute Gasteiger partial charge is 0.305 e. The first-order valence-electron chi connectivity index (χ1n) is 8.44. The molecular weight excluding hydrogens is 358 g/mol. The summed E-state index contributed by atoms with van der Waals surface area (Å²) in [4.78, 5) is 16.7. The van der Waals surface area contributed by atoms with Gasteiger partial charge in [-0.3, -0.25) is 4.79 Å². The molecule has 1 aliphatic rings. The zero-order chi connectivity index (χ0) is 17.2. The first-order chi connectivity index (χ1) is 12.2. The van der Waals surface area contributed by atoms with E-state index in [0.717, 1.165) is 10.7 Å². The molecule has 6 nitrogen and oxygen atoms in total. The Morgan fingerprint density at radius 3 is 2.92 bits per heavy atom. The van der Waals surface area contributed by atoms with Crippen molar-refractivity contribution in [1.82, 2.24) is 19.6 Å². The van der Waals surface area contributed by atoms with Crippen LogP contribution in [0.3, 0.4) is 0 Å². The summed E-state index contributed by atoms with van der Waals surface area (Å²) < 4.78 is 1.82. The molecule has 0 aliphatic heterocycles. The lowest BCUT2D eigenvalue weighted by Crippen LogP contribution is -2.14. The fourth-order valence-electron chi connectivity index (χ4n) is 3.23. The van der Waals surface area contributed by atoms with Gasteiger partial charge in [0, 0.05) is 18.3 Å². The van der Waals surface area contributed by atoms with Gasteiger partial charge in [0.1, 0.15) is 10.7 Å². The van der Waals surface area contributed by atoms with Gasteiger partial charge >= 0.3 is 0 Å². The fourth-order valence-corrected chi connectivity index (χ4v) is 4.33. The van der Waals surface area contributed by atoms with Crippen LogP contribution in [-0.2, 0) is 11.2 Å². The number of carbonyl (C=O) groups is 1. The molecule has 3 aromatic rings. The van der Waals surface area contributed by atoms with Crippen molar-refractivity contribution in [2.75, 3.05) is 5.32 Å². The Morgan fingerprint density at radius 2 is 2.08 bits per heavy atom. The van der Waals surface area contributed by atoms with Crippen LogP contribution in [-0.4, -0.2) is 25.5 Å². The van der Waals surface area contributed by atoms with Crippen LogP contribution >= 0.6 is 22.9 Å². The van der Waals surface area contributed by atoms with Gasteiger partial charge in [-0.2, -0.15) is 0 Å². The Morgan fingerprint density at radius 1 is 1.24 bits per heavy atom. The van der Waals surface area contributed by atoms with Gasteiger partial charge in [0.15, 0.2) is 0 Å². The molecule has 0 saturated heterocycles. The quantitative estimate of drug-likeness (QED) is 0.746. The molecule has 0 bridgehead atoms. The van der Waals surface area contributed by atoms with E-state index in [9.17, 15) is 4.79 Å². The van der Waals surface area contributed by atoms with E-state index in [0.29, 0.717) is 21.8 Å². The summed E-state index contributed by atoms with van der Waals surface area (Å²) in [5.41, 5.74) is 1.46. The van der Waals surface area contributed by atoms with Gasteiger partial charge < -0.3 is 9.72 Å². The summed E-state index contributed by atoms with van der Waals surface area (Å²) in [7, 11) is 0. The molecule has 3 aromatic heterocycles. The number of carbonyl (C=O) groups excluding carboxylic acids is 1. The molecule has 0 spiro atoms. The number of nitrogens with zero attached hydrogens (tertiary/aromatic N) is 4. The second-order valence-electron chi connectivity index (χ2n) is 6.35. The molecule has 1 aliphatic carbocycles. The summed E-state index contributed by atoms with van der Waals surface area (Å²) in [6.45, 7) is 0. The number of aromatic nitrogens is 4. The molecule has 0 aromatic carbocycles. The van der Waals surface area contributed by atoms with Crippen molar-refractivity contribution in [3.63, 3.8) is 0 Å². The van der Waals surface area contributed by atoms with Crippen LogP contribution in [0.5, 0.6) is 0 Å². The number of nitrogens with one attached hydrogen (secondary N) is 1. The molecule has 4 rings (SSSR count). The Hall–Kier alpha value is -1.99. The van der Waals surface area contributed by atoms with Crippen LogP contribution in [0.25, 0.3) is 5.65 Å². The van der Waals surface area contributed by atoms with E-state index in [1.807, 2.05) is 16.7 Å². The molecular formula is C17H18ClN5OS. The third kappa shape index (κ3) is 3.82. The number of halogens is 1. The van der Waals surface area contributed by atoms with Crippen LogP contribution < -0.4 is 5.32 Å². The monoisotopic (exact) mass is 375 g/mol. The molecule has 3 heterocycles. The molecule has 1 saturated carbocycles. The minimum Gasteiger partial charge on any atom is -0.305 e. The third-order valence-corrected chi connectivity index (χ3v) is 5.67. The molecule has 0 radical (unpaired) electrons. The zero-order valence-electron chi connectivity index (χ0n) is 13.6. The zero-order valence-corrected chi connectivity index (χ0v) is 15.2. The minimum atomic E-state index is -0.138. The summed E-state index contributed by atoms with van der Waals surface area (Å²) in [5.74, 6) is 0.362. The Balaban J connectivity index is 1.40. The highest BCUT2D eigenvalue weighted by Gasteiger charge is 2.20. The van der Waals surface area contributed by atoms with Crippen molar-refractivity contribution < 1.29 is 4.79 Å². The lowest BCUT2D eigenvalue weighted by atomic mass is 9.90. The first kappa shape index (κ1) is 16.5. The number of hydrogen-bond acceptors (Lipinski definition) is 5. The number of imidazole rings is 1. The van der Waals surface area contributed by atoms with E-state index < -0.39 is 0 Å². The lowest BCUT2D eigenvalue weighted by molar-refractivity contribution is -0.115. The summed E-state index contributed by atoms with van der Waals surface area (Å²) in [6.07, 6.45) is 9.94. The van der Waals surface area contributed by atoms with Gasteiger partial charge in [0.25, 0.3) is 0 Å². The highest BCUT2D eigenvalue weighted by Crippen LogP contribution is 2.35. The van der Waals surface area contributed by atoms with Crippen molar-refractivity contribution in [3.8, 4) is 0 Å². The third-order valence-electron chi connectivity index (χ3n) is 4.45. The number of rotatable bonds is 4. The lowest BCUT2D eigenvalue weighted by Gasteiger charge is -2.18. The number of anilines is 1. The minimum absolute atomic E-state index is 0.138. The Bertz CT molecular complexity index is 899. The SMILES string of the molecule is O=C(Cc1cn2cc(Cl)ccc2n1)Nc1nnc(C2CCCCC2)s1. The topological polar surface area (TPSA) is 72.2 Å². The number of amides is 1. The molecule has 1 amide bonds. The van der Waals surface area contributed by atoms with Crippen LogP contribution in [0.1, 0.15) is 48.7 Å². The van der Waals surface area contributed by atoms with Gasteiger partial charge in [-0.05, 0) is 25.0 Å². The van der Waals surface area contributed by atoms with Crippen LogP contribution in [0.2, 0.25) is 5.02 Å². The Labute approximate surface area is 154 Å². The highest BCUT2D eigenvalue weighted by atomic mass is 35.5. The van der Waals surface area contributed by atoms with Gasteiger partial charge in [-0.25, -0.2) is 4.98 Å². The second kappa shape index (κ2) is 7.09.